The Kier molecular flexibility index (Phi) is 6.88. The first-order chi connectivity index (χ1) is 15.5. The molecule has 0 saturated carbocycles. The molecule has 1 unspecified atom stereocenters. The van der Waals surface area contributed by atoms with E-state index in [-0.39, 0.29) is 24.3 Å². The molecule has 32 heavy (non-hydrogen) atoms. The molecule has 2 fully saturated rings. The molecule has 2 heterocycles. The zero-order chi connectivity index (χ0) is 22.5. The molecule has 0 aromatic heterocycles. The number of fused-ring (bicyclic) bond motifs is 1. The van der Waals surface area contributed by atoms with Crippen LogP contribution in [0.4, 0.5) is 0 Å². The second-order valence-corrected chi connectivity index (χ2v) is 8.79. The Morgan fingerprint density at radius 2 is 1.75 bits per heavy atom. The normalized spacial score (nSPS) is 19.0. The Balaban J connectivity index is 1.34. The van der Waals surface area contributed by atoms with Gasteiger partial charge in [0.05, 0.1) is 0 Å². The van der Waals surface area contributed by atoms with Gasteiger partial charge in [-0.25, -0.2) is 0 Å². The van der Waals surface area contributed by atoms with E-state index < -0.39 is 6.04 Å². The third-order valence-electron chi connectivity index (χ3n) is 6.41. The Labute approximate surface area is 189 Å². The first-order valence-corrected chi connectivity index (χ1v) is 11.5. The van der Waals surface area contributed by atoms with E-state index in [4.69, 9.17) is 0 Å². The van der Waals surface area contributed by atoms with Gasteiger partial charge in [-0.1, -0.05) is 60.2 Å². The number of hydrogen-bond donors (Lipinski definition) is 0. The van der Waals surface area contributed by atoms with E-state index in [0.717, 1.165) is 24.0 Å². The summed E-state index contributed by atoms with van der Waals surface area (Å²) in [6, 6.07) is 17.7. The molecule has 1 atom stereocenters. The van der Waals surface area contributed by atoms with Crippen molar-refractivity contribution in [3.8, 4) is 0 Å². The van der Waals surface area contributed by atoms with Gasteiger partial charge < -0.3 is 14.7 Å². The fourth-order valence-electron chi connectivity index (χ4n) is 4.69. The molecule has 6 heteroatoms. The monoisotopic (exact) mass is 433 g/mol. The average molecular weight is 434 g/mol. The van der Waals surface area contributed by atoms with Gasteiger partial charge in [-0.15, -0.1) is 0 Å². The van der Waals surface area contributed by atoms with Crippen LogP contribution in [-0.2, 0) is 27.3 Å². The lowest BCUT2D eigenvalue weighted by molar-refractivity contribution is -0.156. The summed E-state index contributed by atoms with van der Waals surface area (Å²) in [4.78, 5) is 44.0. The number of benzene rings is 2. The molecule has 0 aliphatic carbocycles. The summed E-state index contributed by atoms with van der Waals surface area (Å²) in [6.07, 6.45) is 2.66. The maximum Gasteiger partial charge on any atom is 0.246 e. The molecule has 2 saturated heterocycles. The number of amides is 3. The number of nitrogens with zero attached hydrogens (tertiary/aromatic N) is 3. The summed E-state index contributed by atoms with van der Waals surface area (Å²) >= 11 is 0. The van der Waals surface area contributed by atoms with Gasteiger partial charge in [0.1, 0.15) is 12.6 Å². The fraction of sp³-hybridized carbons (Fsp3) is 0.423. The molecule has 2 aromatic carbocycles. The highest BCUT2D eigenvalue weighted by Gasteiger charge is 2.41. The SMILES string of the molecule is Cc1cccc(CN2CC(=O)N3CCN(C(=O)CCCc4ccccc4)CCC3C2=O)c1. The van der Waals surface area contributed by atoms with Crippen molar-refractivity contribution in [3.63, 3.8) is 0 Å². The maximum atomic E-state index is 13.2. The molecule has 0 radical (unpaired) electrons. The number of carbonyl (C=O) groups excluding carboxylic acids is 3. The molecule has 2 aliphatic rings. The highest BCUT2D eigenvalue weighted by atomic mass is 16.2. The average Bonchev–Trinajstić information content (AvgIpc) is 3.02. The molecule has 2 aromatic rings. The molecular formula is C26H31N3O3. The van der Waals surface area contributed by atoms with Crippen molar-refractivity contribution in [3.05, 3.63) is 71.3 Å². The van der Waals surface area contributed by atoms with E-state index in [0.29, 0.717) is 39.0 Å². The quantitative estimate of drug-likeness (QED) is 0.704. The molecular weight excluding hydrogens is 402 g/mol. The molecule has 6 nitrogen and oxygen atoms in total. The number of hydrogen-bond acceptors (Lipinski definition) is 3. The minimum atomic E-state index is -0.469. The second-order valence-electron chi connectivity index (χ2n) is 8.79. The standard InChI is InChI=1S/C26H31N3O3/c1-20-7-5-11-22(17-20)18-28-19-25(31)29-16-15-27(14-13-23(29)26(28)32)24(30)12-6-10-21-8-3-2-4-9-21/h2-5,7-9,11,17,23H,6,10,12-16,18-19H2,1H3. The Morgan fingerprint density at radius 1 is 0.969 bits per heavy atom. The van der Waals surface area contributed by atoms with Gasteiger partial charge in [-0.05, 0) is 37.3 Å². The number of piperazine rings is 1. The Hall–Kier alpha value is -3.15. The predicted molar refractivity (Wildman–Crippen MR) is 123 cm³/mol. The van der Waals surface area contributed by atoms with E-state index in [1.807, 2.05) is 54.3 Å². The summed E-state index contributed by atoms with van der Waals surface area (Å²) in [6.45, 7) is 4.01. The lowest BCUT2D eigenvalue weighted by Gasteiger charge is -2.39. The van der Waals surface area contributed by atoms with E-state index >= 15 is 0 Å². The van der Waals surface area contributed by atoms with Crippen LogP contribution in [0.5, 0.6) is 0 Å². The van der Waals surface area contributed by atoms with Gasteiger partial charge in [0, 0.05) is 32.6 Å². The van der Waals surface area contributed by atoms with E-state index in [1.54, 1.807) is 9.80 Å². The summed E-state index contributed by atoms with van der Waals surface area (Å²) < 4.78 is 0. The minimum Gasteiger partial charge on any atom is -0.341 e. The van der Waals surface area contributed by atoms with Crippen LogP contribution < -0.4 is 0 Å². The molecule has 4 rings (SSSR count). The molecule has 3 amide bonds. The largest absolute Gasteiger partial charge is 0.341 e. The van der Waals surface area contributed by atoms with Crippen molar-refractivity contribution < 1.29 is 14.4 Å². The third-order valence-corrected chi connectivity index (χ3v) is 6.41. The van der Waals surface area contributed by atoms with Crippen molar-refractivity contribution in [1.29, 1.82) is 0 Å². The van der Waals surface area contributed by atoms with Crippen LogP contribution in [0.2, 0.25) is 0 Å². The van der Waals surface area contributed by atoms with E-state index in [1.165, 1.54) is 5.56 Å². The maximum absolute atomic E-state index is 13.2. The van der Waals surface area contributed by atoms with Crippen molar-refractivity contribution in [1.82, 2.24) is 14.7 Å². The predicted octanol–water partition coefficient (Wildman–Crippen LogP) is 2.79. The van der Waals surface area contributed by atoms with Crippen molar-refractivity contribution >= 4 is 17.7 Å². The molecule has 0 N–H and O–H groups in total. The molecule has 0 bridgehead atoms. The van der Waals surface area contributed by atoms with Gasteiger partial charge in [0.15, 0.2) is 0 Å². The first-order valence-electron chi connectivity index (χ1n) is 11.5. The molecule has 168 valence electrons. The number of aryl methyl sites for hydroxylation is 2. The highest BCUT2D eigenvalue weighted by molar-refractivity contribution is 5.95. The van der Waals surface area contributed by atoms with Crippen LogP contribution in [0.1, 0.15) is 36.0 Å². The minimum absolute atomic E-state index is 0.00974. The summed E-state index contributed by atoms with van der Waals surface area (Å²) in [5.41, 5.74) is 3.40. The van der Waals surface area contributed by atoms with Crippen LogP contribution in [0, 0.1) is 6.92 Å². The zero-order valence-corrected chi connectivity index (χ0v) is 18.7. The summed E-state index contributed by atoms with van der Waals surface area (Å²) in [7, 11) is 0. The van der Waals surface area contributed by atoms with Crippen LogP contribution in [-0.4, -0.2) is 64.6 Å². The van der Waals surface area contributed by atoms with Gasteiger partial charge in [0.25, 0.3) is 0 Å². The first kappa shape index (κ1) is 22.1. The third kappa shape index (κ3) is 5.18. The van der Waals surface area contributed by atoms with Crippen LogP contribution in [0.25, 0.3) is 0 Å². The van der Waals surface area contributed by atoms with Crippen molar-refractivity contribution in [2.24, 2.45) is 0 Å². The highest BCUT2D eigenvalue weighted by Crippen LogP contribution is 2.21. The number of carbonyl (C=O) groups is 3. The van der Waals surface area contributed by atoms with E-state index in [9.17, 15) is 14.4 Å². The van der Waals surface area contributed by atoms with Crippen LogP contribution in [0.3, 0.4) is 0 Å². The fourth-order valence-corrected chi connectivity index (χ4v) is 4.69. The van der Waals surface area contributed by atoms with Crippen molar-refractivity contribution in [2.45, 2.75) is 45.2 Å². The summed E-state index contributed by atoms with van der Waals surface area (Å²) in [5, 5.41) is 0. The molecule has 2 aliphatic heterocycles. The zero-order valence-electron chi connectivity index (χ0n) is 18.7. The molecule has 0 spiro atoms. The smallest absolute Gasteiger partial charge is 0.246 e. The van der Waals surface area contributed by atoms with Gasteiger partial charge >= 0.3 is 0 Å². The Morgan fingerprint density at radius 3 is 2.53 bits per heavy atom. The van der Waals surface area contributed by atoms with E-state index in [2.05, 4.69) is 12.1 Å². The van der Waals surface area contributed by atoms with Crippen LogP contribution in [0.15, 0.2) is 54.6 Å². The van der Waals surface area contributed by atoms with Gasteiger partial charge in [-0.3, -0.25) is 14.4 Å². The van der Waals surface area contributed by atoms with Crippen molar-refractivity contribution in [2.75, 3.05) is 26.2 Å². The lowest BCUT2D eigenvalue weighted by atomic mass is 10.1. The lowest BCUT2D eigenvalue weighted by Crippen LogP contribution is -2.59. The number of rotatable bonds is 6. The van der Waals surface area contributed by atoms with Gasteiger partial charge in [0.2, 0.25) is 17.7 Å². The topological polar surface area (TPSA) is 60.9 Å². The summed E-state index contributed by atoms with van der Waals surface area (Å²) in [5.74, 6) is 0.0717. The Bertz CT molecular complexity index is 975. The van der Waals surface area contributed by atoms with Gasteiger partial charge in [-0.2, -0.15) is 0 Å². The van der Waals surface area contributed by atoms with Crippen LogP contribution >= 0.6 is 0 Å². The second kappa shape index (κ2) is 9.98.